The predicted octanol–water partition coefficient (Wildman–Crippen LogP) is 1.97. The summed E-state index contributed by atoms with van der Waals surface area (Å²) in [5.41, 5.74) is 1.65. The molecule has 0 bridgehead atoms. The average molecular weight is 311 g/mol. The van der Waals surface area contributed by atoms with E-state index in [4.69, 9.17) is 0 Å². The second-order valence-electron chi connectivity index (χ2n) is 4.16. The Labute approximate surface area is 114 Å². The van der Waals surface area contributed by atoms with Crippen LogP contribution < -0.4 is 5.56 Å². The Morgan fingerprint density at radius 2 is 2.11 bits per heavy atom. The van der Waals surface area contributed by atoms with Gasteiger partial charge in [0, 0.05) is 12.7 Å². The van der Waals surface area contributed by atoms with Gasteiger partial charge in [-0.3, -0.25) is 9.36 Å². The molecule has 0 N–H and O–H groups in total. The van der Waals surface area contributed by atoms with Gasteiger partial charge in [0.1, 0.15) is 4.47 Å². The molecule has 0 aliphatic heterocycles. The van der Waals surface area contributed by atoms with Gasteiger partial charge in [-0.25, -0.2) is 9.97 Å². The second kappa shape index (κ2) is 5.48. The van der Waals surface area contributed by atoms with Crippen molar-refractivity contribution in [2.24, 2.45) is 0 Å². The minimum atomic E-state index is -0.0632. The molecule has 0 amide bonds. The highest BCUT2D eigenvalue weighted by molar-refractivity contribution is 9.10. The van der Waals surface area contributed by atoms with Gasteiger partial charge in [-0.15, -0.1) is 0 Å². The summed E-state index contributed by atoms with van der Waals surface area (Å²) in [5.74, 6) is 0. The zero-order valence-corrected chi connectivity index (χ0v) is 12.0. The summed E-state index contributed by atoms with van der Waals surface area (Å²) in [6.07, 6.45) is 6.19. The van der Waals surface area contributed by atoms with Crippen molar-refractivity contribution in [1.82, 2.24) is 19.1 Å². The molecule has 0 aliphatic rings. The van der Waals surface area contributed by atoms with Crippen LogP contribution in [0.1, 0.15) is 24.7 Å². The Morgan fingerprint density at radius 1 is 1.33 bits per heavy atom. The maximum Gasteiger partial charge on any atom is 0.268 e. The first kappa shape index (κ1) is 13.0. The molecule has 2 rings (SSSR count). The Balaban J connectivity index is 2.32. The number of hydrogen-bond donors (Lipinski definition) is 0. The molecule has 0 aliphatic carbocycles. The van der Waals surface area contributed by atoms with E-state index in [1.54, 1.807) is 30.3 Å². The molecule has 0 fully saturated rings. The van der Waals surface area contributed by atoms with Gasteiger partial charge in [0.15, 0.2) is 0 Å². The average Bonchev–Trinajstić information content (AvgIpc) is 2.78. The molecule has 0 saturated carbocycles. The number of rotatable bonds is 4. The van der Waals surface area contributed by atoms with Crippen molar-refractivity contribution in [3.63, 3.8) is 0 Å². The van der Waals surface area contributed by atoms with Crippen molar-refractivity contribution in [1.29, 1.82) is 0 Å². The van der Waals surface area contributed by atoms with E-state index in [1.807, 2.05) is 0 Å². The van der Waals surface area contributed by atoms with Crippen LogP contribution in [0.5, 0.6) is 0 Å². The van der Waals surface area contributed by atoms with E-state index in [2.05, 4.69) is 37.4 Å². The van der Waals surface area contributed by atoms with E-state index >= 15 is 0 Å². The molecule has 18 heavy (non-hydrogen) atoms. The SMILES string of the molecule is CCCn1cncc1Cn1cnc(C)c(Br)c1=O. The number of hydrogen-bond acceptors (Lipinski definition) is 3. The fourth-order valence-electron chi connectivity index (χ4n) is 1.76. The molecule has 2 aromatic rings. The van der Waals surface area contributed by atoms with Gasteiger partial charge in [0.2, 0.25) is 0 Å². The molecule has 0 unspecified atom stereocenters. The maximum atomic E-state index is 12.0. The van der Waals surface area contributed by atoms with E-state index < -0.39 is 0 Å². The predicted molar refractivity (Wildman–Crippen MR) is 72.6 cm³/mol. The summed E-state index contributed by atoms with van der Waals surface area (Å²) in [6, 6.07) is 0. The van der Waals surface area contributed by atoms with Crippen LogP contribution in [0.15, 0.2) is 28.1 Å². The van der Waals surface area contributed by atoms with Gasteiger partial charge in [0.25, 0.3) is 5.56 Å². The van der Waals surface area contributed by atoms with Crippen LogP contribution in [0.3, 0.4) is 0 Å². The van der Waals surface area contributed by atoms with Gasteiger partial charge >= 0.3 is 0 Å². The normalized spacial score (nSPS) is 10.8. The van der Waals surface area contributed by atoms with E-state index in [9.17, 15) is 4.79 Å². The minimum absolute atomic E-state index is 0.0632. The van der Waals surface area contributed by atoms with E-state index in [-0.39, 0.29) is 5.56 Å². The van der Waals surface area contributed by atoms with Gasteiger partial charge in [-0.2, -0.15) is 0 Å². The highest BCUT2D eigenvalue weighted by atomic mass is 79.9. The van der Waals surface area contributed by atoms with Crippen molar-refractivity contribution in [3.05, 3.63) is 45.1 Å². The zero-order valence-electron chi connectivity index (χ0n) is 10.4. The minimum Gasteiger partial charge on any atom is -0.333 e. The molecule has 0 saturated heterocycles. The number of aryl methyl sites for hydroxylation is 2. The van der Waals surface area contributed by atoms with Crippen LogP contribution in [0.4, 0.5) is 0 Å². The van der Waals surface area contributed by atoms with Crippen LogP contribution in [-0.2, 0) is 13.1 Å². The number of imidazole rings is 1. The summed E-state index contributed by atoms with van der Waals surface area (Å²) in [6.45, 7) is 5.31. The first-order chi connectivity index (χ1) is 8.63. The fraction of sp³-hybridized carbons (Fsp3) is 0.417. The summed E-state index contributed by atoms with van der Waals surface area (Å²) < 4.78 is 4.16. The second-order valence-corrected chi connectivity index (χ2v) is 4.95. The lowest BCUT2D eigenvalue weighted by molar-refractivity contribution is 0.610. The molecular weight excluding hydrogens is 296 g/mol. The molecule has 0 spiro atoms. The molecule has 96 valence electrons. The summed E-state index contributed by atoms with van der Waals surface area (Å²) in [4.78, 5) is 20.3. The summed E-state index contributed by atoms with van der Waals surface area (Å²) >= 11 is 3.27. The van der Waals surface area contributed by atoms with Crippen LogP contribution >= 0.6 is 15.9 Å². The Kier molecular flexibility index (Phi) is 3.96. The fourth-order valence-corrected chi connectivity index (χ4v) is 2.09. The standard InChI is InChI=1S/C12H15BrN4O/c1-3-4-16-7-14-5-10(16)6-17-8-15-9(2)11(13)12(17)18/h5,7-8H,3-4,6H2,1-2H3. The van der Waals surface area contributed by atoms with E-state index in [0.717, 1.165) is 18.7 Å². The first-order valence-electron chi connectivity index (χ1n) is 5.84. The van der Waals surface area contributed by atoms with Crippen molar-refractivity contribution in [2.75, 3.05) is 0 Å². The third kappa shape index (κ3) is 2.53. The highest BCUT2D eigenvalue weighted by Gasteiger charge is 2.08. The van der Waals surface area contributed by atoms with Crippen LogP contribution in [0, 0.1) is 6.92 Å². The molecule has 0 atom stereocenters. The molecule has 0 aromatic carbocycles. The number of aromatic nitrogens is 4. The third-order valence-electron chi connectivity index (χ3n) is 2.75. The molecule has 2 heterocycles. The first-order valence-corrected chi connectivity index (χ1v) is 6.63. The molecule has 5 nitrogen and oxygen atoms in total. The van der Waals surface area contributed by atoms with Crippen molar-refractivity contribution < 1.29 is 0 Å². The highest BCUT2D eigenvalue weighted by Crippen LogP contribution is 2.08. The lowest BCUT2D eigenvalue weighted by Crippen LogP contribution is -2.23. The monoisotopic (exact) mass is 310 g/mol. The quantitative estimate of drug-likeness (QED) is 0.867. The van der Waals surface area contributed by atoms with Gasteiger partial charge in [-0.1, -0.05) is 6.92 Å². The number of halogens is 1. The molecule has 6 heteroatoms. The lowest BCUT2D eigenvalue weighted by Gasteiger charge is -2.09. The largest absolute Gasteiger partial charge is 0.333 e. The Bertz CT molecular complexity index is 602. The third-order valence-corrected chi connectivity index (χ3v) is 3.67. The molecule has 0 radical (unpaired) electrons. The molecular formula is C12H15BrN4O. The summed E-state index contributed by atoms with van der Waals surface area (Å²) in [5, 5.41) is 0. The van der Waals surface area contributed by atoms with Crippen molar-refractivity contribution in [2.45, 2.75) is 33.4 Å². The summed E-state index contributed by atoms with van der Waals surface area (Å²) in [7, 11) is 0. The topological polar surface area (TPSA) is 52.7 Å². The lowest BCUT2D eigenvalue weighted by atomic mass is 10.4. The van der Waals surface area contributed by atoms with E-state index in [1.165, 1.54) is 0 Å². The van der Waals surface area contributed by atoms with Gasteiger partial charge in [-0.05, 0) is 29.3 Å². The van der Waals surface area contributed by atoms with E-state index in [0.29, 0.717) is 16.7 Å². The van der Waals surface area contributed by atoms with Gasteiger partial charge < -0.3 is 4.57 Å². The van der Waals surface area contributed by atoms with Crippen molar-refractivity contribution >= 4 is 15.9 Å². The van der Waals surface area contributed by atoms with Crippen LogP contribution in [0.2, 0.25) is 0 Å². The van der Waals surface area contributed by atoms with Crippen LogP contribution in [-0.4, -0.2) is 19.1 Å². The Hall–Kier alpha value is -1.43. The maximum absolute atomic E-state index is 12.0. The molecule has 2 aromatic heterocycles. The Morgan fingerprint density at radius 3 is 2.83 bits per heavy atom. The zero-order chi connectivity index (χ0) is 13.1. The van der Waals surface area contributed by atoms with Crippen molar-refractivity contribution in [3.8, 4) is 0 Å². The van der Waals surface area contributed by atoms with Crippen LogP contribution in [0.25, 0.3) is 0 Å². The number of nitrogens with zero attached hydrogens (tertiary/aromatic N) is 4. The smallest absolute Gasteiger partial charge is 0.268 e. The van der Waals surface area contributed by atoms with Gasteiger partial charge in [0.05, 0.1) is 30.6 Å².